The van der Waals surface area contributed by atoms with Crippen LogP contribution in [0.15, 0.2) is 60.7 Å². The van der Waals surface area contributed by atoms with Gasteiger partial charge in [-0.1, -0.05) is 18.2 Å². The van der Waals surface area contributed by atoms with Gasteiger partial charge in [0, 0.05) is 26.8 Å². The minimum atomic E-state index is -0.629. The molecule has 0 aromatic heterocycles. The normalized spacial score (nSPS) is 14.6. The van der Waals surface area contributed by atoms with Gasteiger partial charge in [0.1, 0.15) is 0 Å². The van der Waals surface area contributed by atoms with Crippen LogP contribution in [0.3, 0.4) is 0 Å². The van der Waals surface area contributed by atoms with Crippen molar-refractivity contribution in [3.05, 3.63) is 77.4 Å². The Morgan fingerprint density at radius 1 is 0.944 bits per heavy atom. The van der Waals surface area contributed by atoms with Gasteiger partial charge in [0.2, 0.25) is 12.7 Å². The summed E-state index contributed by atoms with van der Waals surface area (Å²) in [6, 6.07) is 17.7. The van der Waals surface area contributed by atoms with Gasteiger partial charge in [0.15, 0.2) is 11.5 Å². The van der Waals surface area contributed by atoms with Gasteiger partial charge in [-0.15, -0.1) is 0 Å². The number of methoxy groups -OCH3 is 1. The van der Waals surface area contributed by atoms with Crippen molar-refractivity contribution in [2.24, 2.45) is 0 Å². The van der Waals surface area contributed by atoms with E-state index in [4.69, 9.17) is 14.2 Å². The second-order valence-electron chi connectivity index (χ2n) is 9.13. The van der Waals surface area contributed by atoms with E-state index < -0.39 is 11.4 Å². The summed E-state index contributed by atoms with van der Waals surface area (Å²) in [6.45, 7) is 0.178. The van der Waals surface area contributed by atoms with Crippen molar-refractivity contribution in [3.63, 3.8) is 0 Å². The highest BCUT2D eigenvalue weighted by Gasteiger charge is 2.51. The van der Waals surface area contributed by atoms with Crippen LogP contribution in [0.4, 0.5) is 5.69 Å². The van der Waals surface area contributed by atoms with E-state index >= 15 is 0 Å². The van der Waals surface area contributed by atoms with Gasteiger partial charge < -0.3 is 24.4 Å². The van der Waals surface area contributed by atoms with E-state index in [1.54, 1.807) is 56.6 Å². The molecule has 186 valence electrons. The molecule has 1 heterocycles. The molecule has 5 rings (SSSR count). The Labute approximate surface area is 210 Å². The van der Waals surface area contributed by atoms with Gasteiger partial charge in [-0.05, 0) is 72.0 Å². The number of amides is 2. The van der Waals surface area contributed by atoms with E-state index in [1.165, 1.54) is 12.0 Å². The van der Waals surface area contributed by atoms with Crippen molar-refractivity contribution < 1.29 is 30.0 Å². The summed E-state index contributed by atoms with van der Waals surface area (Å²) in [5.74, 6) is 0.596. The summed E-state index contributed by atoms with van der Waals surface area (Å²) in [5, 5.41) is 3.03. The van der Waals surface area contributed by atoms with Crippen LogP contribution in [-0.2, 0) is 14.9 Å². The van der Waals surface area contributed by atoms with Gasteiger partial charge in [-0.2, -0.15) is 0 Å². The Hall–Kier alpha value is -4.33. The highest BCUT2D eigenvalue weighted by atomic mass is 16.7. The second kappa shape index (κ2) is 9.03. The van der Waals surface area contributed by atoms with Crippen LogP contribution < -0.4 is 14.8 Å². The zero-order valence-corrected chi connectivity index (χ0v) is 20.3. The second-order valence-corrected chi connectivity index (χ2v) is 9.13. The lowest BCUT2D eigenvalue weighted by Gasteiger charge is -2.18. The molecule has 1 aliphatic heterocycles. The maximum atomic E-state index is 13.4. The van der Waals surface area contributed by atoms with E-state index in [0.717, 1.165) is 24.0 Å². The number of fused-ring (bicyclic) bond motifs is 1. The molecular weight excluding hydrogens is 460 g/mol. The molecule has 0 radical (unpaired) electrons. The zero-order valence-electron chi connectivity index (χ0n) is 20.3. The number of rotatable bonds is 6. The quantitative estimate of drug-likeness (QED) is 0.514. The summed E-state index contributed by atoms with van der Waals surface area (Å²) in [7, 11) is 4.70. The summed E-state index contributed by atoms with van der Waals surface area (Å²) in [4.78, 5) is 39.6. The molecule has 0 bridgehead atoms. The smallest absolute Gasteiger partial charge is 0.338 e. The fourth-order valence-electron chi connectivity index (χ4n) is 4.42. The van der Waals surface area contributed by atoms with Crippen LogP contribution in [-0.4, -0.2) is 50.7 Å². The monoisotopic (exact) mass is 488 g/mol. The lowest BCUT2D eigenvalue weighted by molar-refractivity contribution is -0.118. The molecule has 3 aromatic rings. The first-order valence-corrected chi connectivity index (χ1v) is 11.6. The van der Waals surface area contributed by atoms with Crippen LogP contribution in [0.1, 0.15) is 40.5 Å². The summed E-state index contributed by atoms with van der Waals surface area (Å²) in [5.41, 5.74) is 3.03. The SMILES string of the molecule is COC(=O)c1ccc(NC(=O)C2(c3ccc4c(c3)OCO4)CC2)cc1-c1ccc(C(=O)N(C)C)cc1.[HH]. The third-order valence-electron chi connectivity index (χ3n) is 6.64. The highest BCUT2D eigenvalue weighted by Crippen LogP contribution is 2.51. The summed E-state index contributed by atoms with van der Waals surface area (Å²) < 4.78 is 15.8. The molecular formula is C28H28N2O6. The van der Waals surface area contributed by atoms with Crippen molar-refractivity contribution in [3.8, 4) is 22.6 Å². The number of benzene rings is 3. The number of hydrogen-bond donors (Lipinski definition) is 1. The molecule has 8 nitrogen and oxygen atoms in total. The van der Waals surface area contributed by atoms with Crippen molar-refractivity contribution in [1.82, 2.24) is 4.90 Å². The molecule has 3 aromatic carbocycles. The first-order valence-electron chi connectivity index (χ1n) is 11.6. The lowest BCUT2D eigenvalue weighted by Crippen LogP contribution is -2.27. The Bertz CT molecular complexity index is 1370. The van der Waals surface area contributed by atoms with Crippen LogP contribution in [0.25, 0.3) is 11.1 Å². The Kier molecular flexibility index (Phi) is 5.88. The van der Waals surface area contributed by atoms with Gasteiger partial charge in [-0.3, -0.25) is 9.59 Å². The molecule has 36 heavy (non-hydrogen) atoms. The van der Waals surface area contributed by atoms with Crippen LogP contribution in [0.2, 0.25) is 0 Å². The molecule has 2 aliphatic rings. The topological polar surface area (TPSA) is 94.2 Å². The number of carbonyl (C=O) groups excluding carboxylic acids is 3. The molecule has 0 spiro atoms. The average molecular weight is 489 g/mol. The third kappa shape index (κ3) is 4.15. The van der Waals surface area contributed by atoms with Crippen LogP contribution >= 0.6 is 0 Å². The number of ether oxygens (including phenoxy) is 3. The molecule has 2 amide bonds. The molecule has 0 unspecified atom stereocenters. The predicted molar refractivity (Wildman–Crippen MR) is 135 cm³/mol. The molecule has 0 atom stereocenters. The minimum Gasteiger partial charge on any atom is -0.465 e. The number of nitrogens with one attached hydrogen (secondary N) is 1. The molecule has 1 saturated carbocycles. The zero-order chi connectivity index (χ0) is 25.4. The van der Waals surface area contributed by atoms with Gasteiger partial charge in [0.25, 0.3) is 5.91 Å². The van der Waals surface area contributed by atoms with Crippen molar-refractivity contribution >= 4 is 23.5 Å². The number of esters is 1. The molecule has 1 fully saturated rings. The largest absolute Gasteiger partial charge is 0.465 e. The van der Waals surface area contributed by atoms with E-state index in [1.807, 2.05) is 18.2 Å². The summed E-state index contributed by atoms with van der Waals surface area (Å²) in [6.07, 6.45) is 1.46. The van der Waals surface area contributed by atoms with Crippen molar-refractivity contribution in [2.75, 3.05) is 33.3 Å². The maximum Gasteiger partial charge on any atom is 0.338 e. The Morgan fingerprint density at radius 2 is 1.67 bits per heavy atom. The lowest BCUT2D eigenvalue weighted by atomic mass is 9.94. The van der Waals surface area contributed by atoms with E-state index in [2.05, 4.69) is 5.32 Å². The van der Waals surface area contributed by atoms with Crippen LogP contribution in [0.5, 0.6) is 11.5 Å². The predicted octanol–water partition coefficient (Wildman–Crippen LogP) is 4.49. The number of nitrogens with zero attached hydrogens (tertiary/aromatic N) is 1. The number of carbonyl (C=O) groups is 3. The molecule has 0 saturated heterocycles. The van der Waals surface area contributed by atoms with Gasteiger partial charge >= 0.3 is 5.97 Å². The number of anilines is 1. The average Bonchev–Trinajstić information content (AvgIpc) is 3.58. The van der Waals surface area contributed by atoms with Gasteiger partial charge in [-0.25, -0.2) is 4.79 Å². The number of hydrogen-bond acceptors (Lipinski definition) is 6. The minimum absolute atomic E-state index is 0. The first kappa shape index (κ1) is 23.4. The Balaban J connectivity index is 0.00000320. The fourth-order valence-corrected chi connectivity index (χ4v) is 4.42. The fraction of sp³-hybridized carbons (Fsp3) is 0.250. The third-order valence-corrected chi connectivity index (χ3v) is 6.64. The van der Waals surface area contributed by atoms with Crippen molar-refractivity contribution in [1.29, 1.82) is 0 Å². The molecule has 1 aliphatic carbocycles. The molecule has 8 heteroatoms. The van der Waals surface area contributed by atoms with Crippen molar-refractivity contribution in [2.45, 2.75) is 18.3 Å². The first-order chi connectivity index (χ1) is 17.3. The van der Waals surface area contributed by atoms with E-state index in [0.29, 0.717) is 33.9 Å². The standard InChI is InChI=1S/C28H26N2O6.H2/c1-30(2)25(31)18-6-4-17(5-7-18)22-15-20(9-10-21(22)26(32)34-3)29-27(33)28(12-13-28)19-8-11-23-24(14-19)36-16-35-23;/h4-11,14-15H,12-13,16H2,1-3H3,(H,29,33);1H. The Morgan fingerprint density at radius 3 is 2.33 bits per heavy atom. The van der Waals surface area contributed by atoms with E-state index in [9.17, 15) is 14.4 Å². The molecule has 1 N–H and O–H groups in total. The summed E-state index contributed by atoms with van der Waals surface area (Å²) >= 11 is 0. The van der Waals surface area contributed by atoms with Gasteiger partial charge in [0.05, 0.1) is 18.1 Å². The van der Waals surface area contributed by atoms with E-state index in [-0.39, 0.29) is 20.0 Å². The van der Waals surface area contributed by atoms with Crippen LogP contribution in [0, 0.1) is 0 Å². The highest BCUT2D eigenvalue weighted by molar-refractivity contribution is 6.04. The maximum absolute atomic E-state index is 13.4.